The molecule has 2 N–H and O–H groups in total. The number of carbonyl (C=O) groups is 5. The van der Waals surface area contributed by atoms with E-state index in [4.69, 9.17) is 28.4 Å². The number of Topliss-reactive ketones (excluding diaryl/α,β-unsaturated/α-hetero) is 3. The zero-order chi connectivity index (χ0) is 55.0. The molecule has 2 bridgehead atoms. The Hall–Kier alpha value is -3.45. The first-order valence-electron chi connectivity index (χ1n) is 28.2. The first-order chi connectivity index (χ1) is 35.7. The van der Waals surface area contributed by atoms with Crippen molar-refractivity contribution in [3.63, 3.8) is 0 Å². The topological polar surface area (TPSA) is 191 Å². The molecule has 5 aliphatic rings. The SMILES string of the molecule is CO[C@H]1C[C@@H]2CC[C@@H](C)[C@@](O)(O2)C(=O)C(=O)N2CCCC[C@H]2C(=O)O[C@H]([C@H](C)C[C@@H]2CC[C@@H](OCCCN3CCN(C)CC3)[C@H](OC)C2)CC(=O)[C@H](C)/C=C(\C)[C@@H](O)[C@@H](OC)C(=O)[C@H](C)C[C@H](C)/C=C/C=C/C=C/1C. The fraction of sp³-hybridized carbons (Fsp3) is 0.780. The van der Waals surface area contributed by atoms with Crippen LogP contribution in [-0.2, 0) is 52.4 Å². The fourth-order valence-electron chi connectivity index (χ4n) is 11.9. The summed E-state index contributed by atoms with van der Waals surface area (Å²) >= 11 is 0. The summed E-state index contributed by atoms with van der Waals surface area (Å²) in [7, 11) is 6.86. The maximum atomic E-state index is 14.6. The number of fused-ring (bicyclic) bond motifs is 3. The quantitative estimate of drug-likeness (QED) is 0.0946. The number of likely N-dealkylation sites (N-methyl/N-ethyl adjacent to an activating group) is 1. The number of methoxy groups -OCH3 is 3. The van der Waals surface area contributed by atoms with Crippen molar-refractivity contribution < 1.29 is 62.6 Å². The van der Waals surface area contributed by atoms with Gasteiger partial charge in [0.25, 0.3) is 11.7 Å². The van der Waals surface area contributed by atoms with Crippen LogP contribution in [0.25, 0.3) is 0 Å². The molecule has 1 amide bonds. The summed E-state index contributed by atoms with van der Waals surface area (Å²) in [6.07, 6.45) is 13.7. The van der Waals surface area contributed by atoms with E-state index in [1.54, 1.807) is 41.1 Å². The summed E-state index contributed by atoms with van der Waals surface area (Å²) in [5.74, 6) is -7.75. The van der Waals surface area contributed by atoms with Crippen molar-refractivity contribution in [1.29, 1.82) is 0 Å². The van der Waals surface area contributed by atoms with Gasteiger partial charge in [-0.3, -0.25) is 19.2 Å². The molecule has 424 valence electrons. The molecule has 0 aromatic heterocycles. The van der Waals surface area contributed by atoms with E-state index in [1.165, 1.54) is 12.0 Å². The monoisotopic (exact) mass is 1050 g/mol. The lowest BCUT2D eigenvalue weighted by atomic mass is 9.78. The molecule has 75 heavy (non-hydrogen) atoms. The van der Waals surface area contributed by atoms with Crippen molar-refractivity contribution in [2.45, 2.75) is 186 Å². The molecule has 1 aliphatic carbocycles. The predicted molar refractivity (Wildman–Crippen MR) is 287 cm³/mol. The highest BCUT2D eigenvalue weighted by Gasteiger charge is 2.53. The Kier molecular flexibility index (Phi) is 25.0. The van der Waals surface area contributed by atoms with Gasteiger partial charge in [-0.2, -0.15) is 0 Å². The Bertz CT molecular complexity index is 2000. The number of cyclic esters (lactones) is 1. The number of aliphatic hydroxyl groups excluding tert-OH is 1. The maximum absolute atomic E-state index is 14.6. The average molecular weight is 1050 g/mol. The molecule has 0 unspecified atom stereocenters. The van der Waals surface area contributed by atoms with E-state index in [-0.39, 0.29) is 60.9 Å². The average Bonchev–Trinajstić information content (AvgIpc) is 3.39. The number of rotatable bonds is 11. The zero-order valence-corrected chi connectivity index (χ0v) is 47.4. The molecule has 0 radical (unpaired) electrons. The summed E-state index contributed by atoms with van der Waals surface area (Å²) in [5.41, 5.74) is 1.29. The van der Waals surface area contributed by atoms with Crippen LogP contribution in [0.5, 0.6) is 0 Å². The Morgan fingerprint density at radius 1 is 0.813 bits per heavy atom. The van der Waals surface area contributed by atoms with Crippen molar-refractivity contribution in [3.05, 3.63) is 47.6 Å². The molecule has 4 heterocycles. The molecule has 0 spiro atoms. The van der Waals surface area contributed by atoms with Gasteiger partial charge in [0.05, 0.1) is 24.4 Å². The minimum absolute atomic E-state index is 0.0208. The fourth-order valence-corrected chi connectivity index (χ4v) is 11.9. The third kappa shape index (κ3) is 17.5. The number of piperazine rings is 1. The van der Waals surface area contributed by atoms with Gasteiger partial charge in [0, 0.05) is 97.8 Å². The van der Waals surface area contributed by atoms with Gasteiger partial charge in [-0.25, -0.2) is 4.79 Å². The number of nitrogens with zero attached hydrogens (tertiary/aromatic N) is 3. The van der Waals surface area contributed by atoms with Gasteiger partial charge in [-0.1, -0.05) is 71.1 Å². The number of amides is 1. The summed E-state index contributed by atoms with van der Waals surface area (Å²) in [6.45, 7) is 18.9. The highest BCUT2D eigenvalue weighted by Crippen LogP contribution is 2.38. The normalized spacial score (nSPS) is 38.4. The smallest absolute Gasteiger partial charge is 0.329 e. The molecule has 16 heteroatoms. The lowest BCUT2D eigenvalue weighted by molar-refractivity contribution is -0.265. The molecule has 16 nitrogen and oxygen atoms in total. The van der Waals surface area contributed by atoms with E-state index in [0.717, 1.165) is 64.0 Å². The highest BCUT2D eigenvalue weighted by atomic mass is 16.6. The highest BCUT2D eigenvalue weighted by molar-refractivity contribution is 6.39. The largest absolute Gasteiger partial charge is 0.460 e. The van der Waals surface area contributed by atoms with Crippen LogP contribution < -0.4 is 0 Å². The summed E-state index contributed by atoms with van der Waals surface area (Å²) in [6, 6.07) is -1.13. The molecular formula is C59H95N3O13. The predicted octanol–water partition coefficient (Wildman–Crippen LogP) is 6.84. The number of piperidine rings is 1. The van der Waals surface area contributed by atoms with Gasteiger partial charge in [0.15, 0.2) is 5.78 Å². The second-order valence-corrected chi connectivity index (χ2v) is 22.9. The Morgan fingerprint density at radius 3 is 2.24 bits per heavy atom. The number of carbonyl (C=O) groups excluding carboxylic acids is 5. The van der Waals surface area contributed by atoms with Crippen LogP contribution in [0.2, 0.25) is 0 Å². The van der Waals surface area contributed by atoms with Gasteiger partial charge < -0.3 is 53.3 Å². The number of aliphatic hydroxyl groups is 2. The number of esters is 1. The molecule has 5 rings (SSSR count). The molecule has 0 aromatic carbocycles. The van der Waals surface area contributed by atoms with Crippen LogP contribution in [-0.4, -0.2) is 183 Å². The summed E-state index contributed by atoms with van der Waals surface area (Å²) in [5, 5.41) is 23.6. The molecule has 3 saturated heterocycles. The summed E-state index contributed by atoms with van der Waals surface area (Å²) in [4.78, 5) is 77.6. The van der Waals surface area contributed by atoms with Crippen molar-refractivity contribution in [2.75, 3.05) is 74.3 Å². The number of allylic oxidation sites excluding steroid dienone is 6. The minimum atomic E-state index is -2.43. The first kappa shape index (κ1) is 62.4. The lowest BCUT2D eigenvalue weighted by Crippen LogP contribution is -2.61. The molecule has 15 atom stereocenters. The Balaban J connectivity index is 1.40. The van der Waals surface area contributed by atoms with Crippen LogP contribution in [0, 0.1) is 35.5 Å². The van der Waals surface area contributed by atoms with Crippen molar-refractivity contribution in [3.8, 4) is 0 Å². The van der Waals surface area contributed by atoms with Crippen molar-refractivity contribution in [1.82, 2.24) is 14.7 Å². The van der Waals surface area contributed by atoms with Gasteiger partial charge in [0.2, 0.25) is 5.79 Å². The van der Waals surface area contributed by atoms with Crippen LogP contribution in [0.1, 0.15) is 132 Å². The lowest BCUT2D eigenvalue weighted by Gasteiger charge is -2.42. The molecule has 4 aliphatic heterocycles. The Labute approximate surface area is 448 Å². The van der Waals surface area contributed by atoms with Gasteiger partial charge >= 0.3 is 5.97 Å². The molecule has 0 aromatic rings. The number of hydrogen-bond donors (Lipinski definition) is 2. The third-order valence-electron chi connectivity index (χ3n) is 17.0. The zero-order valence-electron chi connectivity index (χ0n) is 47.4. The summed E-state index contributed by atoms with van der Waals surface area (Å²) < 4.78 is 36.6. The van der Waals surface area contributed by atoms with Crippen LogP contribution >= 0.6 is 0 Å². The first-order valence-corrected chi connectivity index (χ1v) is 28.2. The van der Waals surface area contributed by atoms with Gasteiger partial charge in [-0.15, -0.1) is 0 Å². The second-order valence-electron chi connectivity index (χ2n) is 22.9. The number of hydrogen-bond acceptors (Lipinski definition) is 15. The van der Waals surface area contributed by atoms with Crippen LogP contribution in [0.4, 0.5) is 0 Å². The second kappa shape index (κ2) is 30.1. The Morgan fingerprint density at radius 2 is 1.55 bits per heavy atom. The van der Waals surface area contributed by atoms with E-state index in [9.17, 15) is 34.2 Å². The molecule has 4 fully saturated rings. The van der Waals surface area contributed by atoms with E-state index < -0.39 is 77.8 Å². The van der Waals surface area contributed by atoms with E-state index in [1.807, 2.05) is 58.1 Å². The van der Waals surface area contributed by atoms with E-state index >= 15 is 0 Å². The van der Waals surface area contributed by atoms with E-state index in [0.29, 0.717) is 57.1 Å². The number of ketones is 3. The van der Waals surface area contributed by atoms with Gasteiger partial charge in [-0.05, 0) is 120 Å². The van der Waals surface area contributed by atoms with Crippen LogP contribution in [0.15, 0.2) is 47.6 Å². The van der Waals surface area contributed by atoms with Crippen LogP contribution in [0.3, 0.4) is 0 Å². The molecule has 1 saturated carbocycles. The molecular weight excluding hydrogens is 959 g/mol. The standard InChI is InChI=1S/C59H95N3O13/c1-38-18-13-12-14-19-39(2)50(70-9)36-46-23-21-44(7)59(69,75-46)56(66)57(67)62-26-16-15-20-47(62)58(68)74-51(37-48(63)40(3)33-43(6)54(65)55(72-11)53(64)42(5)32-38)41(4)34-45-22-24-49(52(35-45)71-10)73-31-17-25-61-29-27-60(8)28-30-61/h12-14,18-19,33,38,40-42,44-47,49-52,54-55,65,69H,15-17,20-32,34-37H2,1-11H3/b14-12+,18-13+,39-19+,43-33+/t38-,40-,41-,42-,44-,45+,46+,47+,49-,50+,51+,52-,54-,55+,59-/m1/s1. The maximum Gasteiger partial charge on any atom is 0.329 e. The third-order valence-corrected chi connectivity index (χ3v) is 17.0. The van der Waals surface area contributed by atoms with Gasteiger partial charge in [0.1, 0.15) is 30.1 Å². The van der Waals surface area contributed by atoms with Crippen molar-refractivity contribution in [2.24, 2.45) is 35.5 Å². The number of ether oxygens (including phenoxy) is 6. The van der Waals surface area contributed by atoms with Crippen molar-refractivity contribution >= 4 is 29.2 Å². The minimum Gasteiger partial charge on any atom is -0.460 e. The van der Waals surface area contributed by atoms with E-state index in [2.05, 4.69) is 16.8 Å².